The van der Waals surface area contributed by atoms with Gasteiger partial charge in [-0.15, -0.1) is 21.5 Å². The minimum absolute atomic E-state index is 0.130. The van der Waals surface area contributed by atoms with E-state index in [2.05, 4.69) is 15.2 Å². The lowest BCUT2D eigenvalue weighted by molar-refractivity contribution is 0.144. The van der Waals surface area contributed by atoms with E-state index in [1.54, 1.807) is 17.4 Å². The van der Waals surface area contributed by atoms with Crippen LogP contribution in [0.4, 0.5) is 10.2 Å². The highest BCUT2D eigenvalue weighted by atomic mass is 32.1. The summed E-state index contributed by atoms with van der Waals surface area (Å²) < 4.78 is 15.8. The zero-order valence-electron chi connectivity index (χ0n) is 16.0. The fourth-order valence-electron chi connectivity index (χ4n) is 4.88. The molecule has 0 aliphatic heterocycles. The van der Waals surface area contributed by atoms with Crippen LogP contribution in [0.25, 0.3) is 21.5 Å². The van der Waals surface area contributed by atoms with Crippen LogP contribution in [0, 0.1) is 18.8 Å². The van der Waals surface area contributed by atoms with Crippen LogP contribution in [-0.4, -0.2) is 39.5 Å². The van der Waals surface area contributed by atoms with Crippen molar-refractivity contribution in [2.24, 2.45) is 11.8 Å². The second kappa shape index (κ2) is 6.65. The van der Waals surface area contributed by atoms with Crippen LogP contribution in [0.3, 0.4) is 0 Å². The number of nitrogens with zero attached hydrogens (tertiary/aromatic N) is 4. The third-order valence-corrected chi connectivity index (χ3v) is 7.31. The molecule has 0 unspecified atom stereocenters. The molecule has 5 nitrogen and oxygen atoms in total. The molecule has 4 atom stereocenters. The second-order valence-electron chi connectivity index (χ2n) is 8.14. The maximum absolute atomic E-state index is 14.9. The lowest BCUT2D eigenvalue weighted by Gasteiger charge is -2.38. The van der Waals surface area contributed by atoms with Gasteiger partial charge in [0.25, 0.3) is 0 Å². The van der Waals surface area contributed by atoms with Crippen molar-refractivity contribution in [3.63, 3.8) is 0 Å². The van der Waals surface area contributed by atoms with Crippen LogP contribution in [0.15, 0.2) is 24.3 Å². The highest BCUT2D eigenvalue weighted by molar-refractivity contribution is 7.18. The average Bonchev–Trinajstić information content (AvgIpc) is 3.26. The second-order valence-corrected chi connectivity index (χ2v) is 9.38. The van der Waals surface area contributed by atoms with Crippen molar-refractivity contribution in [1.29, 1.82) is 0 Å². The number of phenolic OH excluding ortho intramolecular Hbond substituents is 1. The van der Waals surface area contributed by atoms with Crippen LogP contribution in [0.1, 0.15) is 30.7 Å². The van der Waals surface area contributed by atoms with Gasteiger partial charge in [0.05, 0.1) is 27.0 Å². The Labute approximate surface area is 167 Å². The van der Waals surface area contributed by atoms with Gasteiger partial charge in [-0.2, -0.15) is 0 Å². The van der Waals surface area contributed by atoms with Gasteiger partial charge in [-0.05, 0) is 62.6 Å². The van der Waals surface area contributed by atoms with E-state index in [4.69, 9.17) is 0 Å². The molecule has 2 fully saturated rings. The van der Waals surface area contributed by atoms with Crippen molar-refractivity contribution in [2.75, 3.05) is 11.9 Å². The Kier molecular flexibility index (Phi) is 4.23. The van der Waals surface area contributed by atoms with Gasteiger partial charge < -0.3 is 10.0 Å². The Morgan fingerprint density at radius 2 is 2.04 bits per heavy atom. The number of benzene rings is 1. The fourth-order valence-corrected chi connectivity index (χ4v) is 5.73. The molecule has 0 spiro atoms. The lowest BCUT2D eigenvalue weighted by Crippen LogP contribution is -2.46. The summed E-state index contributed by atoms with van der Waals surface area (Å²) in [4.78, 5) is 6.43. The maximum atomic E-state index is 14.9. The number of hydrogen-bond donors (Lipinski definition) is 1. The van der Waals surface area contributed by atoms with Crippen LogP contribution in [0.2, 0.25) is 0 Å². The molecule has 1 N–H and O–H groups in total. The van der Waals surface area contributed by atoms with Gasteiger partial charge in [-0.25, -0.2) is 9.37 Å². The van der Waals surface area contributed by atoms with E-state index in [1.807, 2.05) is 37.1 Å². The van der Waals surface area contributed by atoms with Gasteiger partial charge in [-0.3, -0.25) is 0 Å². The number of anilines is 1. The first-order valence-electron chi connectivity index (χ1n) is 9.81. The van der Waals surface area contributed by atoms with Crippen LogP contribution in [0.5, 0.6) is 5.75 Å². The van der Waals surface area contributed by atoms with Crippen LogP contribution < -0.4 is 4.90 Å². The summed E-state index contributed by atoms with van der Waals surface area (Å²) in [6.07, 6.45) is 3.28. The molecule has 2 aromatic heterocycles. The third-order valence-electron chi connectivity index (χ3n) is 6.37. The summed E-state index contributed by atoms with van der Waals surface area (Å²) in [5, 5.41) is 20.0. The molecule has 2 saturated carbocycles. The van der Waals surface area contributed by atoms with E-state index in [9.17, 15) is 9.50 Å². The molecule has 0 saturated heterocycles. The average molecular weight is 399 g/mol. The number of aromatic hydroxyl groups is 1. The molecule has 2 aliphatic carbocycles. The summed E-state index contributed by atoms with van der Waals surface area (Å²) in [6, 6.07) is 7.14. The van der Waals surface area contributed by atoms with E-state index >= 15 is 0 Å². The van der Waals surface area contributed by atoms with E-state index in [0.717, 1.165) is 40.9 Å². The normalized spacial score (nSPS) is 26.7. The van der Waals surface area contributed by atoms with Crippen molar-refractivity contribution < 1.29 is 9.50 Å². The molecule has 146 valence electrons. The molecule has 0 radical (unpaired) electrons. The first-order valence-corrected chi connectivity index (χ1v) is 10.6. The maximum Gasteiger partial charge on any atom is 0.151 e. The number of rotatable bonds is 3. The number of alkyl halides is 1. The molecule has 1 aromatic carbocycles. The first-order chi connectivity index (χ1) is 13.5. The number of halogens is 1. The summed E-state index contributed by atoms with van der Waals surface area (Å²) in [7, 11) is 1.91. The Hall–Kier alpha value is -2.28. The van der Waals surface area contributed by atoms with Crippen molar-refractivity contribution in [1.82, 2.24) is 15.2 Å². The lowest BCUT2D eigenvalue weighted by atomic mass is 9.83. The minimum Gasteiger partial charge on any atom is -0.507 e. The fraction of sp³-hybridized carbons (Fsp3) is 0.476. The van der Waals surface area contributed by atoms with E-state index in [1.165, 1.54) is 0 Å². The van der Waals surface area contributed by atoms with Gasteiger partial charge >= 0.3 is 0 Å². The molecule has 2 heterocycles. The van der Waals surface area contributed by atoms with E-state index in [0.29, 0.717) is 23.0 Å². The molecule has 7 heteroatoms. The molecule has 28 heavy (non-hydrogen) atoms. The quantitative estimate of drug-likeness (QED) is 0.691. The predicted octanol–water partition coefficient (Wildman–Crippen LogP) is 4.73. The monoisotopic (exact) mass is 398 g/mol. The Balaban J connectivity index is 1.42. The Bertz CT molecular complexity index is 1020. The first kappa shape index (κ1) is 17.8. The van der Waals surface area contributed by atoms with Crippen molar-refractivity contribution >= 4 is 27.4 Å². The van der Waals surface area contributed by atoms with Gasteiger partial charge in [-0.1, -0.05) is 0 Å². The topological polar surface area (TPSA) is 62.1 Å². The highest BCUT2D eigenvalue weighted by Crippen LogP contribution is 2.45. The number of fused-ring (bicyclic) bond motifs is 3. The van der Waals surface area contributed by atoms with Gasteiger partial charge in [0.2, 0.25) is 0 Å². The number of thiazole rings is 1. The highest BCUT2D eigenvalue weighted by Gasteiger charge is 2.44. The van der Waals surface area contributed by atoms with Crippen molar-refractivity contribution in [3.8, 4) is 17.0 Å². The molecule has 3 aromatic rings. The molecular formula is C21H23FN4OS. The van der Waals surface area contributed by atoms with Gasteiger partial charge in [0, 0.05) is 18.7 Å². The number of aryl methyl sites for hydroxylation is 1. The van der Waals surface area contributed by atoms with Crippen LogP contribution >= 0.6 is 11.3 Å². The van der Waals surface area contributed by atoms with Crippen molar-refractivity contribution in [2.45, 2.75) is 44.8 Å². The molecule has 5 rings (SSSR count). The molecular weight excluding hydrogens is 375 g/mol. The summed E-state index contributed by atoms with van der Waals surface area (Å²) >= 11 is 1.55. The van der Waals surface area contributed by atoms with E-state index < -0.39 is 6.17 Å². The zero-order valence-corrected chi connectivity index (χ0v) is 16.8. The Morgan fingerprint density at radius 3 is 2.82 bits per heavy atom. The predicted molar refractivity (Wildman–Crippen MR) is 110 cm³/mol. The van der Waals surface area contributed by atoms with E-state index in [-0.39, 0.29) is 17.7 Å². The smallest absolute Gasteiger partial charge is 0.151 e. The molecule has 2 aliphatic rings. The standard InChI is InChI=1S/C21H23FN4OS/c1-11-23-16-9-14(18(27)10-19(16)28-11)15-5-6-20(25-24-15)26(2)17-8-12-3-4-13(7-12)21(17)22/h5-6,9-10,12-13,17,21,27H,3-4,7-8H2,1-2H3/t12-,13+,17+,21-/m1/s1. The minimum atomic E-state index is -0.801. The third kappa shape index (κ3) is 2.92. The summed E-state index contributed by atoms with van der Waals surface area (Å²) in [5.74, 6) is 1.67. The SMILES string of the molecule is Cc1nc2cc(-c3ccc(N(C)[C@H]4C[C@@H]5CC[C@@H](C5)[C@H]4F)nn3)c(O)cc2s1. The summed E-state index contributed by atoms with van der Waals surface area (Å²) in [5.41, 5.74) is 2.04. The van der Waals surface area contributed by atoms with Crippen molar-refractivity contribution in [3.05, 3.63) is 29.3 Å². The van der Waals surface area contributed by atoms with Gasteiger partial charge in [0.15, 0.2) is 5.82 Å². The molecule has 2 bridgehead atoms. The largest absolute Gasteiger partial charge is 0.507 e. The summed E-state index contributed by atoms with van der Waals surface area (Å²) in [6.45, 7) is 1.95. The number of hydrogen-bond acceptors (Lipinski definition) is 6. The zero-order chi connectivity index (χ0) is 19.4. The molecule has 0 amide bonds. The van der Waals surface area contributed by atoms with Gasteiger partial charge in [0.1, 0.15) is 11.9 Å². The van der Waals surface area contributed by atoms with Crippen LogP contribution in [-0.2, 0) is 0 Å². The number of aromatic nitrogens is 3. The number of phenols is 1. The Morgan fingerprint density at radius 1 is 1.18 bits per heavy atom.